The molecule has 1 fully saturated rings. The fraction of sp³-hybridized carbons (Fsp3) is 0.467. The van der Waals surface area contributed by atoms with Crippen molar-refractivity contribution in [3.63, 3.8) is 0 Å². The first-order chi connectivity index (χ1) is 9.40. The van der Waals surface area contributed by atoms with E-state index in [0.717, 1.165) is 24.2 Å². The van der Waals surface area contributed by atoms with E-state index in [9.17, 15) is 0 Å². The van der Waals surface area contributed by atoms with Crippen LogP contribution in [-0.2, 0) is 0 Å². The molecule has 19 heavy (non-hydrogen) atoms. The summed E-state index contributed by atoms with van der Waals surface area (Å²) in [4.78, 5) is 2.40. The van der Waals surface area contributed by atoms with Crippen LogP contribution >= 0.6 is 11.6 Å². The lowest BCUT2D eigenvalue weighted by molar-refractivity contribution is 0.448. The van der Waals surface area contributed by atoms with Gasteiger partial charge in [0.25, 0.3) is 0 Å². The molecule has 3 rings (SSSR count). The van der Waals surface area contributed by atoms with E-state index in [1.54, 1.807) is 0 Å². The summed E-state index contributed by atoms with van der Waals surface area (Å²) < 4.78 is 0. The van der Waals surface area contributed by atoms with Crippen LogP contribution in [0, 0.1) is 0 Å². The number of anilines is 1. The minimum absolute atomic E-state index is 0.506. The van der Waals surface area contributed by atoms with Gasteiger partial charge in [0.1, 0.15) is 0 Å². The molecule has 2 heterocycles. The van der Waals surface area contributed by atoms with Gasteiger partial charge in [0.2, 0.25) is 0 Å². The minimum atomic E-state index is 0.506. The lowest BCUT2D eigenvalue weighted by Crippen LogP contribution is -2.40. The molecule has 2 aromatic rings. The number of rotatable bonds is 3. The smallest absolute Gasteiger partial charge is 0.159 e. The first kappa shape index (κ1) is 12.7. The van der Waals surface area contributed by atoms with Crippen molar-refractivity contribution in [1.82, 2.24) is 10.2 Å². The Labute approximate surface area is 118 Å². The van der Waals surface area contributed by atoms with Gasteiger partial charge < -0.3 is 4.90 Å². The molecule has 3 nitrogen and oxygen atoms in total. The molecule has 1 unspecified atom stereocenters. The molecule has 4 heteroatoms. The standard InChI is InChI=1S/C15H18ClN3/c16-9-8-13-6-3-4-10-19(13)15-14-7-2-1-5-12(14)11-17-18-15/h1-2,5,7,11,13H,3-4,6,8-10H2. The molecular weight excluding hydrogens is 258 g/mol. The Hall–Kier alpha value is -1.35. The highest BCUT2D eigenvalue weighted by molar-refractivity contribution is 6.17. The predicted molar refractivity (Wildman–Crippen MR) is 79.9 cm³/mol. The second-order valence-electron chi connectivity index (χ2n) is 5.08. The van der Waals surface area contributed by atoms with Crippen LogP contribution < -0.4 is 4.90 Å². The Morgan fingerprint density at radius 2 is 2.16 bits per heavy atom. The Kier molecular flexibility index (Phi) is 3.83. The van der Waals surface area contributed by atoms with Crippen LogP contribution in [0.2, 0.25) is 0 Å². The molecule has 0 saturated carbocycles. The fourth-order valence-corrected chi connectivity index (χ4v) is 3.18. The van der Waals surface area contributed by atoms with E-state index in [2.05, 4.69) is 33.3 Å². The van der Waals surface area contributed by atoms with Crippen molar-refractivity contribution in [3.8, 4) is 0 Å². The molecule has 1 aromatic carbocycles. The van der Waals surface area contributed by atoms with Crippen LogP contribution in [0.3, 0.4) is 0 Å². The number of aromatic nitrogens is 2. The van der Waals surface area contributed by atoms with Crippen LogP contribution in [0.25, 0.3) is 10.8 Å². The van der Waals surface area contributed by atoms with Gasteiger partial charge in [-0.1, -0.05) is 24.3 Å². The van der Waals surface area contributed by atoms with Gasteiger partial charge in [-0.05, 0) is 25.7 Å². The summed E-state index contributed by atoms with van der Waals surface area (Å²) in [5, 5.41) is 10.9. The van der Waals surface area contributed by atoms with Crippen LogP contribution in [0.1, 0.15) is 25.7 Å². The number of fused-ring (bicyclic) bond motifs is 1. The van der Waals surface area contributed by atoms with E-state index >= 15 is 0 Å². The third-order valence-electron chi connectivity index (χ3n) is 3.89. The van der Waals surface area contributed by atoms with Crippen molar-refractivity contribution in [2.45, 2.75) is 31.7 Å². The molecule has 1 saturated heterocycles. The Morgan fingerprint density at radius 1 is 1.26 bits per heavy atom. The van der Waals surface area contributed by atoms with Crippen LogP contribution in [0.15, 0.2) is 30.5 Å². The van der Waals surface area contributed by atoms with Gasteiger partial charge in [0.05, 0.1) is 6.20 Å². The van der Waals surface area contributed by atoms with E-state index < -0.39 is 0 Å². The van der Waals surface area contributed by atoms with E-state index in [0.29, 0.717) is 11.9 Å². The zero-order valence-corrected chi connectivity index (χ0v) is 11.7. The molecule has 100 valence electrons. The lowest BCUT2D eigenvalue weighted by Gasteiger charge is -2.36. The van der Waals surface area contributed by atoms with Crippen molar-refractivity contribution >= 4 is 28.2 Å². The zero-order chi connectivity index (χ0) is 13.1. The van der Waals surface area contributed by atoms with Gasteiger partial charge >= 0.3 is 0 Å². The van der Waals surface area contributed by atoms with Gasteiger partial charge in [-0.25, -0.2) is 0 Å². The molecule has 1 atom stereocenters. The molecule has 0 bridgehead atoms. The third kappa shape index (κ3) is 2.52. The fourth-order valence-electron chi connectivity index (χ4n) is 2.93. The highest BCUT2D eigenvalue weighted by Crippen LogP contribution is 2.30. The summed E-state index contributed by atoms with van der Waals surface area (Å²) >= 11 is 5.94. The normalized spacial score (nSPS) is 19.8. The zero-order valence-electron chi connectivity index (χ0n) is 10.9. The first-order valence-electron chi connectivity index (χ1n) is 6.93. The maximum absolute atomic E-state index is 5.94. The van der Waals surface area contributed by atoms with Gasteiger partial charge in [0.15, 0.2) is 5.82 Å². The van der Waals surface area contributed by atoms with Crippen molar-refractivity contribution in [3.05, 3.63) is 30.5 Å². The molecule has 1 aromatic heterocycles. The van der Waals surface area contributed by atoms with Crippen molar-refractivity contribution in [2.75, 3.05) is 17.3 Å². The SMILES string of the molecule is ClCCC1CCCCN1c1nncc2ccccc12. The Bertz CT molecular complexity index is 551. The van der Waals surface area contributed by atoms with Gasteiger partial charge in [-0.2, -0.15) is 5.10 Å². The molecule has 0 radical (unpaired) electrons. The highest BCUT2D eigenvalue weighted by atomic mass is 35.5. The summed E-state index contributed by atoms with van der Waals surface area (Å²) in [5.41, 5.74) is 0. The molecule has 0 aliphatic carbocycles. The van der Waals surface area contributed by atoms with Gasteiger partial charge in [-0.15, -0.1) is 16.7 Å². The molecule has 0 spiro atoms. The van der Waals surface area contributed by atoms with Gasteiger partial charge in [0, 0.05) is 29.2 Å². The molecular formula is C15H18ClN3. The van der Waals surface area contributed by atoms with Crippen LogP contribution in [-0.4, -0.2) is 28.7 Å². The Balaban J connectivity index is 2.02. The maximum Gasteiger partial charge on any atom is 0.159 e. The number of benzene rings is 1. The third-order valence-corrected chi connectivity index (χ3v) is 4.11. The topological polar surface area (TPSA) is 29.0 Å². The minimum Gasteiger partial charge on any atom is -0.352 e. The number of piperidine rings is 1. The summed E-state index contributed by atoms with van der Waals surface area (Å²) in [6.07, 6.45) is 6.57. The molecule has 0 N–H and O–H groups in total. The number of halogens is 1. The van der Waals surface area contributed by atoms with Crippen molar-refractivity contribution < 1.29 is 0 Å². The number of alkyl halides is 1. The van der Waals surface area contributed by atoms with E-state index in [1.165, 1.54) is 24.6 Å². The second kappa shape index (κ2) is 5.74. The summed E-state index contributed by atoms with van der Waals surface area (Å²) in [7, 11) is 0. The van der Waals surface area contributed by atoms with E-state index in [-0.39, 0.29) is 0 Å². The monoisotopic (exact) mass is 275 g/mol. The molecule has 1 aliphatic rings. The highest BCUT2D eigenvalue weighted by Gasteiger charge is 2.24. The van der Waals surface area contributed by atoms with Crippen LogP contribution in [0.5, 0.6) is 0 Å². The predicted octanol–water partition coefficient (Wildman–Crippen LogP) is 3.62. The average Bonchev–Trinajstić information content (AvgIpc) is 2.48. The van der Waals surface area contributed by atoms with Crippen molar-refractivity contribution in [2.24, 2.45) is 0 Å². The number of nitrogens with zero attached hydrogens (tertiary/aromatic N) is 3. The Morgan fingerprint density at radius 3 is 3.05 bits per heavy atom. The van der Waals surface area contributed by atoms with Crippen LogP contribution in [0.4, 0.5) is 5.82 Å². The first-order valence-corrected chi connectivity index (χ1v) is 7.46. The summed E-state index contributed by atoms with van der Waals surface area (Å²) in [6.45, 7) is 1.06. The quantitative estimate of drug-likeness (QED) is 0.801. The van der Waals surface area contributed by atoms with Crippen molar-refractivity contribution in [1.29, 1.82) is 0 Å². The van der Waals surface area contributed by atoms with Gasteiger partial charge in [-0.3, -0.25) is 0 Å². The number of hydrogen-bond donors (Lipinski definition) is 0. The summed E-state index contributed by atoms with van der Waals surface area (Å²) in [5.74, 6) is 1.73. The summed E-state index contributed by atoms with van der Waals surface area (Å²) in [6, 6.07) is 8.83. The maximum atomic E-state index is 5.94. The second-order valence-corrected chi connectivity index (χ2v) is 5.45. The largest absolute Gasteiger partial charge is 0.352 e. The molecule has 1 aliphatic heterocycles. The lowest BCUT2D eigenvalue weighted by atomic mass is 9.99. The molecule has 0 amide bonds. The average molecular weight is 276 g/mol. The number of hydrogen-bond acceptors (Lipinski definition) is 3. The van der Waals surface area contributed by atoms with E-state index in [4.69, 9.17) is 11.6 Å². The van der Waals surface area contributed by atoms with E-state index in [1.807, 2.05) is 12.3 Å².